The molecule has 0 aliphatic carbocycles. The molecule has 0 aromatic heterocycles. The largest absolute Gasteiger partial charge is 0.279 e. The SMILES string of the molecule is N#Cc1ccc(N/N=C/c2ccccc2Br)cc1. The van der Waals surface area contributed by atoms with E-state index in [1.54, 1.807) is 18.3 Å². The monoisotopic (exact) mass is 299 g/mol. The topological polar surface area (TPSA) is 48.2 Å². The zero-order chi connectivity index (χ0) is 12.8. The lowest BCUT2D eigenvalue weighted by Crippen LogP contribution is -1.91. The zero-order valence-corrected chi connectivity index (χ0v) is 11.1. The van der Waals surface area contributed by atoms with E-state index >= 15 is 0 Å². The first kappa shape index (κ1) is 12.3. The molecule has 0 spiro atoms. The molecule has 4 heteroatoms. The molecule has 0 saturated heterocycles. The Morgan fingerprint density at radius 3 is 2.50 bits per heavy atom. The van der Waals surface area contributed by atoms with Gasteiger partial charge in [0.15, 0.2) is 0 Å². The van der Waals surface area contributed by atoms with E-state index < -0.39 is 0 Å². The smallest absolute Gasteiger partial charge is 0.0991 e. The fraction of sp³-hybridized carbons (Fsp3) is 0. The Morgan fingerprint density at radius 1 is 1.11 bits per heavy atom. The molecule has 0 bridgehead atoms. The van der Waals surface area contributed by atoms with Crippen LogP contribution in [0.3, 0.4) is 0 Å². The Balaban J connectivity index is 2.03. The van der Waals surface area contributed by atoms with Crippen LogP contribution in [-0.4, -0.2) is 6.21 Å². The molecular weight excluding hydrogens is 290 g/mol. The number of nitrogens with one attached hydrogen (secondary N) is 1. The van der Waals surface area contributed by atoms with Crippen LogP contribution in [0.25, 0.3) is 0 Å². The molecule has 0 heterocycles. The number of benzene rings is 2. The summed E-state index contributed by atoms with van der Waals surface area (Å²) in [5.41, 5.74) is 5.39. The van der Waals surface area contributed by atoms with Crippen LogP contribution in [0.15, 0.2) is 58.1 Å². The molecule has 0 atom stereocenters. The van der Waals surface area contributed by atoms with Crippen LogP contribution in [0.5, 0.6) is 0 Å². The van der Waals surface area contributed by atoms with E-state index in [0.29, 0.717) is 5.56 Å². The molecule has 3 nitrogen and oxygen atoms in total. The number of hydrogen-bond donors (Lipinski definition) is 1. The third kappa shape index (κ3) is 3.19. The van der Waals surface area contributed by atoms with Gasteiger partial charge in [-0.05, 0) is 30.3 Å². The molecule has 2 aromatic carbocycles. The van der Waals surface area contributed by atoms with Crippen molar-refractivity contribution in [1.29, 1.82) is 5.26 Å². The molecule has 0 aliphatic heterocycles. The van der Waals surface area contributed by atoms with Gasteiger partial charge < -0.3 is 0 Å². The average Bonchev–Trinajstić information content (AvgIpc) is 2.42. The fourth-order valence-electron chi connectivity index (χ4n) is 1.38. The van der Waals surface area contributed by atoms with Crippen LogP contribution < -0.4 is 5.43 Å². The lowest BCUT2D eigenvalue weighted by molar-refractivity contribution is 1.34. The van der Waals surface area contributed by atoms with E-state index in [1.165, 1.54) is 0 Å². The lowest BCUT2D eigenvalue weighted by Gasteiger charge is -2.00. The van der Waals surface area contributed by atoms with Crippen molar-refractivity contribution in [2.24, 2.45) is 5.10 Å². The van der Waals surface area contributed by atoms with Gasteiger partial charge in [-0.1, -0.05) is 34.1 Å². The predicted octanol–water partition coefficient (Wildman–Crippen LogP) is 3.77. The highest BCUT2D eigenvalue weighted by Crippen LogP contribution is 2.14. The van der Waals surface area contributed by atoms with E-state index in [1.807, 2.05) is 36.4 Å². The van der Waals surface area contributed by atoms with Gasteiger partial charge in [0.2, 0.25) is 0 Å². The summed E-state index contributed by atoms with van der Waals surface area (Å²) in [6.45, 7) is 0. The van der Waals surface area contributed by atoms with Gasteiger partial charge in [-0.3, -0.25) is 5.43 Å². The predicted molar refractivity (Wildman–Crippen MR) is 76.5 cm³/mol. The van der Waals surface area contributed by atoms with Gasteiger partial charge in [-0.25, -0.2) is 0 Å². The van der Waals surface area contributed by atoms with Crippen LogP contribution in [0, 0.1) is 11.3 Å². The minimum atomic E-state index is 0.635. The van der Waals surface area contributed by atoms with Gasteiger partial charge >= 0.3 is 0 Å². The molecule has 18 heavy (non-hydrogen) atoms. The van der Waals surface area contributed by atoms with Crippen LogP contribution in [0.4, 0.5) is 5.69 Å². The number of hydrazone groups is 1. The molecular formula is C14H10BrN3. The number of nitrogens with zero attached hydrogens (tertiary/aromatic N) is 2. The Bertz CT molecular complexity index is 597. The zero-order valence-electron chi connectivity index (χ0n) is 9.47. The number of anilines is 1. The summed E-state index contributed by atoms with van der Waals surface area (Å²) in [5.74, 6) is 0. The molecule has 88 valence electrons. The fourth-order valence-corrected chi connectivity index (χ4v) is 1.76. The maximum absolute atomic E-state index is 8.68. The Hall–Kier alpha value is -2.12. The summed E-state index contributed by atoms with van der Waals surface area (Å²) in [5, 5.41) is 12.8. The normalized spacial score (nSPS) is 10.2. The first-order valence-electron chi connectivity index (χ1n) is 5.33. The quantitative estimate of drug-likeness (QED) is 0.693. The molecule has 2 aromatic rings. The first-order valence-corrected chi connectivity index (χ1v) is 6.12. The Kier molecular flexibility index (Phi) is 4.11. The standard InChI is InChI=1S/C14H10BrN3/c15-14-4-2-1-3-12(14)10-17-18-13-7-5-11(9-16)6-8-13/h1-8,10,18H/b17-10+. The molecule has 0 saturated carbocycles. The highest BCUT2D eigenvalue weighted by molar-refractivity contribution is 9.10. The maximum atomic E-state index is 8.68. The number of hydrogen-bond acceptors (Lipinski definition) is 3. The number of halogens is 1. The molecule has 0 aliphatic rings. The number of nitriles is 1. The molecule has 0 unspecified atom stereocenters. The van der Waals surface area contributed by atoms with Crippen molar-refractivity contribution < 1.29 is 0 Å². The van der Waals surface area contributed by atoms with Gasteiger partial charge in [0.05, 0.1) is 23.5 Å². The van der Waals surface area contributed by atoms with Crippen LogP contribution in [0.2, 0.25) is 0 Å². The van der Waals surface area contributed by atoms with Gasteiger partial charge in [0.1, 0.15) is 0 Å². The highest BCUT2D eigenvalue weighted by atomic mass is 79.9. The van der Waals surface area contributed by atoms with Crippen molar-refractivity contribution >= 4 is 27.8 Å². The summed E-state index contributed by atoms with van der Waals surface area (Å²) in [7, 11) is 0. The van der Waals surface area contributed by atoms with Crippen LogP contribution in [-0.2, 0) is 0 Å². The molecule has 0 fully saturated rings. The molecule has 1 N–H and O–H groups in total. The van der Waals surface area contributed by atoms with E-state index in [4.69, 9.17) is 5.26 Å². The van der Waals surface area contributed by atoms with E-state index in [9.17, 15) is 0 Å². The van der Waals surface area contributed by atoms with E-state index in [2.05, 4.69) is 32.5 Å². The molecule has 0 amide bonds. The van der Waals surface area contributed by atoms with Gasteiger partial charge in [0, 0.05) is 10.0 Å². The number of rotatable bonds is 3. The lowest BCUT2D eigenvalue weighted by atomic mass is 10.2. The summed E-state index contributed by atoms with van der Waals surface area (Å²) in [6, 6.07) is 17.0. The summed E-state index contributed by atoms with van der Waals surface area (Å²) in [4.78, 5) is 0. The second-order valence-electron chi connectivity index (χ2n) is 3.58. The minimum absolute atomic E-state index is 0.635. The van der Waals surface area contributed by atoms with Crippen LogP contribution >= 0.6 is 15.9 Å². The van der Waals surface area contributed by atoms with Gasteiger partial charge in [-0.15, -0.1) is 0 Å². The summed E-state index contributed by atoms with van der Waals surface area (Å²) in [6.07, 6.45) is 1.74. The molecule has 2 rings (SSSR count). The van der Waals surface area contributed by atoms with Crippen molar-refractivity contribution in [1.82, 2.24) is 0 Å². The Morgan fingerprint density at radius 2 is 1.83 bits per heavy atom. The van der Waals surface area contributed by atoms with Crippen molar-refractivity contribution in [3.05, 3.63) is 64.1 Å². The maximum Gasteiger partial charge on any atom is 0.0991 e. The summed E-state index contributed by atoms with van der Waals surface area (Å²) < 4.78 is 0.996. The average molecular weight is 300 g/mol. The minimum Gasteiger partial charge on any atom is -0.279 e. The van der Waals surface area contributed by atoms with Crippen LogP contribution in [0.1, 0.15) is 11.1 Å². The second-order valence-corrected chi connectivity index (χ2v) is 4.44. The first-order chi connectivity index (χ1) is 8.79. The molecule has 0 radical (unpaired) electrons. The van der Waals surface area contributed by atoms with Gasteiger partial charge in [-0.2, -0.15) is 10.4 Å². The van der Waals surface area contributed by atoms with E-state index in [0.717, 1.165) is 15.7 Å². The second kappa shape index (κ2) is 5.99. The van der Waals surface area contributed by atoms with Crippen molar-refractivity contribution in [3.63, 3.8) is 0 Å². The van der Waals surface area contributed by atoms with Crippen molar-refractivity contribution in [3.8, 4) is 6.07 Å². The third-order valence-electron chi connectivity index (χ3n) is 2.32. The summed E-state index contributed by atoms with van der Waals surface area (Å²) >= 11 is 3.45. The highest BCUT2D eigenvalue weighted by Gasteiger charge is 1.94. The van der Waals surface area contributed by atoms with E-state index in [-0.39, 0.29) is 0 Å². The Labute approximate surface area is 114 Å². The van der Waals surface area contributed by atoms with Crippen molar-refractivity contribution in [2.75, 3.05) is 5.43 Å². The van der Waals surface area contributed by atoms with Gasteiger partial charge in [0.25, 0.3) is 0 Å². The third-order valence-corrected chi connectivity index (χ3v) is 3.04. The van der Waals surface area contributed by atoms with Crippen molar-refractivity contribution in [2.45, 2.75) is 0 Å².